The third-order valence-electron chi connectivity index (χ3n) is 3.94. The van der Waals surface area contributed by atoms with E-state index in [2.05, 4.69) is 16.5 Å². The molecule has 1 aliphatic heterocycles. The van der Waals surface area contributed by atoms with Crippen molar-refractivity contribution in [3.8, 4) is 0 Å². The second-order valence-corrected chi connectivity index (χ2v) is 6.96. The lowest BCUT2D eigenvalue weighted by atomic mass is 10.1. The van der Waals surface area contributed by atoms with E-state index in [0.29, 0.717) is 13.1 Å². The zero-order valence-corrected chi connectivity index (χ0v) is 14.2. The molecule has 6 heteroatoms. The minimum absolute atomic E-state index is 0.0497. The summed E-state index contributed by atoms with van der Waals surface area (Å²) in [5.74, 6) is 0. The van der Waals surface area contributed by atoms with E-state index in [4.69, 9.17) is 4.74 Å². The lowest BCUT2D eigenvalue weighted by Gasteiger charge is -2.35. The van der Waals surface area contributed by atoms with E-state index in [0.717, 1.165) is 23.1 Å². The monoisotopic (exact) mass is 316 g/mol. The molecule has 1 aromatic heterocycles. The van der Waals surface area contributed by atoms with E-state index < -0.39 is 5.60 Å². The molecule has 1 aliphatic rings. The van der Waals surface area contributed by atoms with Gasteiger partial charge in [0.1, 0.15) is 5.60 Å². The van der Waals surface area contributed by atoms with Gasteiger partial charge in [-0.3, -0.25) is 4.68 Å². The summed E-state index contributed by atoms with van der Waals surface area (Å²) in [6, 6.07) is 8.13. The number of nitrogens with one attached hydrogen (secondary N) is 1. The number of carbonyl (C=O) groups excluding carboxylic acids is 1. The van der Waals surface area contributed by atoms with Crippen LogP contribution in [0.3, 0.4) is 0 Å². The van der Waals surface area contributed by atoms with Gasteiger partial charge in [-0.05, 0) is 26.8 Å². The van der Waals surface area contributed by atoms with Gasteiger partial charge >= 0.3 is 6.09 Å². The number of aromatic nitrogens is 2. The first kappa shape index (κ1) is 15.8. The molecule has 1 amide bonds. The van der Waals surface area contributed by atoms with Gasteiger partial charge in [-0.1, -0.05) is 18.2 Å². The summed E-state index contributed by atoms with van der Waals surface area (Å²) in [5.41, 5.74) is 1.60. The number of rotatable bonds is 1. The first-order chi connectivity index (χ1) is 10.8. The van der Waals surface area contributed by atoms with Crippen LogP contribution in [0, 0.1) is 0 Å². The van der Waals surface area contributed by atoms with Crippen LogP contribution in [-0.2, 0) is 11.8 Å². The van der Waals surface area contributed by atoms with Gasteiger partial charge in [0.15, 0.2) is 0 Å². The Bertz CT molecular complexity index is 717. The number of hydrogen-bond donors (Lipinski definition) is 1. The van der Waals surface area contributed by atoms with Gasteiger partial charge in [-0.25, -0.2) is 4.79 Å². The van der Waals surface area contributed by atoms with E-state index in [-0.39, 0.29) is 12.1 Å². The summed E-state index contributed by atoms with van der Waals surface area (Å²) in [4.78, 5) is 14.1. The van der Waals surface area contributed by atoms with Crippen LogP contribution in [0.15, 0.2) is 24.3 Å². The maximum absolute atomic E-state index is 12.3. The number of amides is 1. The van der Waals surface area contributed by atoms with Gasteiger partial charge in [0.2, 0.25) is 0 Å². The molecule has 0 saturated carbocycles. The second-order valence-electron chi connectivity index (χ2n) is 6.96. The minimum atomic E-state index is -0.476. The van der Waals surface area contributed by atoms with Crippen LogP contribution in [0.25, 0.3) is 10.9 Å². The molecule has 23 heavy (non-hydrogen) atoms. The quantitative estimate of drug-likeness (QED) is 0.878. The largest absolute Gasteiger partial charge is 0.444 e. The fourth-order valence-electron chi connectivity index (χ4n) is 3.01. The van der Waals surface area contributed by atoms with Crippen molar-refractivity contribution in [2.45, 2.75) is 32.4 Å². The summed E-state index contributed by atoms with van der Waals surface area (Å²) in [7, 11) is 1.95. The first-order valence-electron chi connectivity index (χ1n) is 7.98. The number of carbonyl (C=O) groups is 1. The number of nitrogens with zero attached hydrogens (tertiary/aromatic N) is 3. The summed E-state index contributed by atoms with van der Waals surface area (Å²) in [6.45, 7) is 7.64. The molecule has 2 aromatic rings. The van der Waals surface area contributed by atoms with Crippen molar-refractivity contribution >= 4 is 17.0 Å². The molecule has 1 fully saturated rings. The Kier molecular flexibility index (Phi) is 4.02. The zero-order chi connectivity index (χ0) is 16.6. The Morgan fingerprint density at radius 2 is 2.09 bits per heavy atom. The van der Waals surface area contributed by atoms with Crippen LogP contribution >= 0.6 is 0 Å². The Balaban J connectivity index is 1.83. The maximum atomic E-state index is 12.3. The molecular weight excluding hydrogens is 292 g/mol. The van der Waals surface area contributed by atoms with Gasteiger partial charge in [0, 0.05) is 32.1 Å². The Hall–Kier alpha value is -2.08. The predicted octanol–water partition coefficient (Wildman–Crippen LogP) is 2.45. The van der Waals surface area contributed by atoms with Gasteiger partial charge in [0.05, 0.1) is 17.3 Å². The number of benzene rings is 1. The molecule has 1 atom stereocenters. The molecule has 124 valence electrons. The molecule has 0 bridgehead atoms. The SMILES string of the molecule is Cn1nc2ccccc2c1C1CN(C(=O)OC(C)(C)C)CCN1. The number of piperazine rings is 1. The Labute approximate surface area is 136 Å². The summed E-state index contributed by atoms with van der Waals surface area (Å²) < 4.78 is 7.40. The van der Waals surface area contributed by atoms with Crippen LogP contribution in [0.4, 0.5) is 4.79 Å². The van der Waals surface area contributed by atoms with Crippen molar-refractivity contribution in [2.24, 2.45) is 7.05 Å². The average molecular weight is 316 g/mol. The molecule has 1 unspecified atom stereocenters. The van der Waals surface area contributed by atoms with Crippen molar-refractivity contribution in [2.75, 3.05) is 19.6 Å². The molecule has 1 N–H and O–H groups in total. The van der Waals surface area contributed by atoms with E-state index in [1.54, 1.807) is 4.90 Å². The molecular formula is C17H24N4O2. The van der Waals surface area contributed by atoms with E-state index in [1.807, 2.05) is 50.7 Å². The summed E-state index contributed by atoms with van der Waals surface area (Å²) >= 11 is 0. The zero-order valence-electron chi connectivity index (χ0n) is 14.2. The van der Waals surface area contributed by atoms with E-state index in [1.165, 1.54) is 0 Å². The second kappa shape index (κ2) is 5.85. The van der Waals surface area contributed by atoms with Crippen LogP contribution in [-0.4, -0.2) is 46.0 Å². The highest BCUT2D eigenvalue weighted by atomic mass is 16.6. The van der Waals surface area contributed by atoms with Crippen LogP contribution in [0.5, 0.6) is 0 Å². The van der Waals surface area contributed by atoms with E-state index >= 15 is 0 Å². The number of hydrogen-bond acceptors (Lipinski definition) is 4. The molecule has 1 aromatic carbocycles. The molecule has 0 radical (unpaired) electrons. The fourth-order valence-corrected chi connectivity index (χ4v) is 3.01. The summed E-state index contributed by atoms with van der Waals surface area (Å²) in [5, 5.41) is 9.18. The molecule has 0 aliphatic carbocycles. The maximum Gasteiger partial charge on any atom is 0.410 e. The lowest BCUT2D eigenvalue weighted by Crippen LogP contribution is -2.50. The smallest absolute Gasteiger partial charge is 0.410 e. The van der Waals surface area contributed by atoms with Crippen LogP contribution < -0.4 is 5.32 Å². The van der Waals surface area contributed by atoms with Crippen molar-refractivity contribution < 1.29 is 9.53 Å². The third kappa shape index (κ3) is 3.32. The number of aryl methyl sites for hydroxylation is 1. The molecule has 6 nitrogen and oxygen atoms in total. The number of ether oxygens (including phenoxy) is 1. The van der Waals surface area contributed by atoms with Crippen LogP contribution in [0.1, 0.15) is 32.5 Å². The van der Waals surface area contributed by atoms with Gasteiger partial charge in [-0.15, -0.1) is 0 Å². The van der Waals surface area contributed by atoms with Crippen molar-refractivity contribution in [3.63, 3.8) is 0 Å². The van der Waals surface area contributed by atoms with Crippen LogP contribution in [0.2, 0.25) is 0 Å². The first-order valence-corrected chi connectivity index (χ1v) is 7.98. The highest BCUT2D eigenvalue weighted by Crippen LogP contribution is 2.26. The molecule has 1 saturated heterocycles. The highest BCUT2D eigenvalue weighted by Gasteiger charge is 2.30. The normalized spacial score (nSPS) is 19.1. The van der Waals surface area contributed by atoms with Crippen molar-refractivity contribution in [3.05, 3.63) is 30.0 Å². The summed E-state index contributed by atoms with van der Waals surface area (Å²) in [6.07, 6.45) is -0.254. The highest BCUT2D eigenvalue weighted by molar-refractivity contribution is 5.82. The topological polar surface area (TPSA) is 59.4 Å². The molecule has 2 heterocycles. The fraction of sp³-hybridized carbons (Fsp3) is 0.529. The Morgan fingerprint density at radius 3 is 2.83 bits per heavy atom. The number of fused-ring (bicyclic) bond motifs is 1. The minimum Gasteiger partial charge on any atom is -0.444 e. The molecule has 0 spiro atoms. The van der Waals surface area contributed by atoms with Gasteiger partial charge in [-0.2, -0.15) is 5.10 Å². The van der Waals surface area contributed by atoms with Gasteiger partial charge in [0.25, 0.3) is 0 Å². The lowest BCUT2D eigenvalue weighted by molar-refractivity contribution is 0.0193. The van der Waals surface area contributed by atoms with E-state index in [9.17, 15) is 4.79 Å². The molecule has 3 rings (SSSR count). The Morgan fingerprint density at radius 1 is 1.35 bits per heavy atom. The predicted molar refractivity (Wildman–Crippen MR) is 89.3 cm³/mol. The average Bonchev–Trinajstić information content (AvgIpc) is 2.81. The van der Waals surface area contributed by atoms with Crippen molar-refractivity contribution in [1.29, 1.82) is 0 Å². The standard InChI is InChI=1S/C17H24N4O2/c1-17(2,3)23-16(22)21-10-9-18-14(11-21)15-12-7-5-6-8-13(12)19-20(15)4/h5-8,14,18H,9-11H2,1-4H3. The van der Waals surface area contributed by atoms with Gasteiger partial charge < -0.3 is 15.0 Å². The third-order valence-corrected chi connectivity index (χ3v) is 3.94. The van der Waals surface area contributed by atoms with Crippen molar-refractivity contribution in [1.82, 2.24) is 20.0 Å².